The van der Waals surface area contributed by atoms with Gasteiger partial charge >= 0.3 is 0 Å². The molecule has 92 valence electrons. The average Bonchev–Trinajstić information content (AvgIpc) is 2.40. The van der Waals surface area contributed by atoms with Gasteiger partial charge in [0, 0.05) is 0 Å². The summed E-state index contributed by atoms with van der Waals surface area (Å²) in [7, 11) is 0. The highest BCUT2D eigenvalue weighted by Gasteiger charge is 1.97. The monoisotopic (exact) mass is 244 g/mol. The number of nitrogens with two attached hydrogens (primary N) is 1. The molecule has 3 nitrogen and oxygen atoms in total. The van der Waals surface area contributed by atoms with Crippen LogP contribution in [0, 0.1) is 5.82 Å². The van der Waals surface area contributed by atoms with Gasteiger partial charge in [0.05, 0.1) is 6.21 Å². The lowest BCUT2D eigenvalue weighted by atomic mass is 10.1. The largest absolute Gasteiger partial charge is 0.489 e. The molecular weight excluding hydrogens is 231 g/mol. The molecular formula is C14H13FN2O. The second-order valence-electron chi connectivity index (χ2n) is 3.76. The summed E-state index contributed by atoms with van der Waals surface area (Å²) in [6, 6.07) is 13.6. The Morgan fingerprint density at radius 3 is 2.33 bits per heavy atom. The van der Waals surface area contributed by atoms with Crippen molar-refractivity contribution in [3.05, 3.63) is 65.5 Å². The van der Waals surface area contributed by atoms with Gasteiger partial charge in [0.25, 0.3) is 0 Å². The van der Waals surface area contributed by atoms with Gasteiger partial charge in [0.1, 0.15) is 18.2 Å². The quantitative estimate of drug-likeness (QED) is 0.510. The van der Waals surface area contributed by atoms with E-state index in [-0.39, 0.29) is 5.82 Å². The van der Waals surface area contributed by atoms with E-state index in [1.807, 2.05) is 24.3 Å². The molecule has 0 radical (unpaired) electrons. The standard InChI is InChI=1S/C14H13FN2O/c15-13-5-7-14(8-6-13)18-10-12-3-1-11(2-4-12)9-17-16/h1-9H,10,16H2. The lowest BCUT2D eigenvalue weighted by Gasteiger charge is -2.06. The van der Waals surface area contributed by atoms with E-state index in [0.717, 1.165) is 11.1 Å². The molecule has 0 spiro atoms. The Morgan fingerprint density at radius 2 is 1.72 bits per heavy atom. The summed E-state index contributed by atoms with van der Waals surface area (Å²) in [5.74, 6) is 5.43. The van der Waals surface area contributed by atoms with Crippen LogP contribution in [0.1, 0.15) is 11.1 Å². The maximum absolute atomic E-state index is 12.7. The van der Waals surface area contributed by atoms with Crippen molar-refractivity contribution in [3.63, 3.8) is 0 Å². The molecule has 0 saturated carbocycles. The summed E-state index contributed by atoms with van der Waals surface area (Å²) in [5.41, 5.74) is 1.96. The molecule has 0 amide bonds. The van der Waals surface area contributed by atoms with Crippen LogP contribution in [0.2, 0.25) is 0 Å². The molecule has 2 N–H and O–H groups in total. The maximum atomic E-state index is 12.7. The summed E-state index contributed by atoms with van der Waals surface area (Å²) < 4.78 is 18.2. The fourth-order valence-corrected chi connectivity index (χ4v) is 1.48. The molecule has 0 bridgehead atoms. The highest BCUT2D eigenvalue weighted by atomic mass is 19.1. The Balaban J connectivity index is 1.95. The van der Waals surface area contributed by atoms with Crippen LogP contribution in [-0.2, 0) is 6.61 Å². The van der Waals surface area contributed by atoms with Crippen LogP contribution in [0.3, 0.4) is 0 Å². The first-order chi connectivity index (χ1) is 8.78. The van der Waals surface area contributed by atoms with E-state index in [1.54, 1.807) is 18.3 Å². The van der Waals surface area contributed by atoms with Gasteiger partial charge in [-0.2, -0.15) is 5.10 Å². The Kier molecular flexibility index (Phi) is 3.91. The fourth-order valence-electron chi connectivity index (χ4n) is 1.48. The van der Waals surface area contributed by atoms with E-state index >= 15 is 0 Å². The van der Waals surface area contributed by atoms with Crippen molar-refractivity contribution >= 4 is 6.21 Å². The molecule has 18 heavy (non-hydrogen) atoms. The Labute approximate surface area is 105 Å². The third kappa shape index (κ3) is 3.31. The van der Waals surface area contributed by atoms with Crippen molar-refractivity contribution in [2.75, 3.05) is 0 Å². The zero-order valence-corrected chi connectivity index (χ0v) is 9.71. The van der Waals surface area contributed by atoms with Gasteiger partial charge in [-0.05, 0) is 35.4 Å². The molecule has 0 aliphatic rings. The van der Waals surface area contributed by atoms with Gasteiger partial charge in [-0.15, -0.1) is 0 Å². The average molecular weight is 244 g/mol. The number of ether oxygens (including phenoxy) is 1. The first-order valence-electron chi connectivity index (χ1n) is 5.48. The first-order valence-corrected chi connectivity index (χ1v) is 5.48. The fraction of sp³-hybridized carbons (Fsp3) is 0.0714. The van der Waals surface area contributed by atoms with Crippen molar-refractivity contribution in [2.24, 2.45) is 10.9 Å². The van der Waals surface area contributed by atoms with Gasteiger partial charge in [-0.1, -0.05) is 24.3 Å². The van der Waals surface area contributed by atoms with E-state index in [9.17, 15) is 4.39 Å². The predicted molar refractivity (Wildman–Crippen MR) is 69.0 cm³/mol. The molecule has 2 aromatic rings. The molecule has 0 fully saturated rings. The zero-order chi connectivity index (χ0) is 12.8. The van der Waals surface area contributed by atoms with Gasteiger partial charge in [-0.25, -0.2) is 4.39 Å². The molecule has 0 unspecified atom stereocenters. The minimum Gasteiger partial charge on any atom is -0.489 e. The van der Waals surface area contributed by atoms with Crippen molar-refractivity contribution in [1.82, 2.24) is 0 Å². The summed E-state index contributed by atoms with van der Waals surface area (Å²) in [4.78, 5) is 0. The highest BCUT2D eigenvalue weighted by molar-refractivity contribution is 5.79. The normalized spacial score (nSPS) is 10.7. The number of nitrogens with zero attached hydrogens (tertiary/aromatic N) is 1. The summed E-state index contributed by atoms with van der Waals surface area (Å²) in [6.45, 7) is 0.436. The summed E-state index contributed by atoms with van der Waals surface area (Å²) >= 11 is 0. The van der Waals surface area contributed by atoms with Crippen LogP contribution < -0.4 is 10.6 Å². The van der Waals surface area contributed by atoms with Gasteiger partial charge in [0.2, 0.25) is 0 Å². The van der Waals surface area contributed by atoms with Crippen LogP contribution in [0.15, 0.2) is 53.6 Å². The SMILES string of the molecule is NN=Cc1ccc(COc2ccc(F)cc2)cc1. The molecule has 2 aromatic carbocycles. The zero-order valence-electron chi connectivity index (χ0n) is 9.71. The third-order valence-corrected chi connectivity index (χ3v) is 2.42. The Hall–Kier alpha value is -2.36. The van der Waals surface area contributed by atoms with Crippen molar-refractivity contribution in [2.45, 2.75) is 6.61 Å². The van der Waals surface area contributed by atoms with E-state index in [2.05, 4.69) is 5.10 Å². The van der Waals surface area contributed by atoms with Gasteiger partial charge in [0.15, 0.2) is 0 Å². The van der Waals surface area contributed by atoms with Gasteiger partial charge < -0.3 is 10.6 Å². The molecule has 0 aliphatic carbocycles. The molecule has 0 atom stereocenters. The topological polar surface area (TPSA) is 47.6 Å². The van der Waals surface area contributed by atoms with Crippen molar-refractivity contribution < 1.29 is 9.13 Å². The summed E-state index contributed by atoms with van der Waals surface area (Å²) in [5, 5.41) is 3.45. The van der Waals surface area contributed by atoms with Crippen molar-refractivity contribution in [1.29, 1.82) is 0 Å². The van der Waals surface area contributed by atoms with E-state index in [1.165, 1.54) is 12.1 Å². The van der Waals surface area contributed by atoms with E-state index in [0.29, 0.717) is 12.4 Å². The minimum atomic E-state index is -0.271. The highest BCUT2D eigenvalue weighted by Crippen LogP contribution is 2.13. The van der Waals surface area contributed by atoms with E-state index < -0.39 is 0 Å². The number of halogens is 1. The Morgan fingerprint density at radius 1 is 1.06 bits per heavy atom. The second kappa shape index (κ2) is 5.82. The first kappa shape index (κ1) is 12.1. The summed E-state index contributed by atoms with van der Waals surface area (Å²) in [6.07, 6.45) is 1.57. The van der Waals surface area contributed by atoms with Crippen LogP contribution in [0.25, 0.3) is 0 Å². The molecule has 0 aliphatic heterocycles. The van der Waals surface area contributed by atoms with Crippen LogP contribution >= 0.6 is 0 Å². The maximum Gasteiger partial charge on any atom is 0.123 e. The number of rotatable bonds is 4. The molecule has 0 aromatic heterocycles. The molecule has 2 rings (SSSR count). The molecule has 0 saturated heterocycles. The molecule has 0 heterocycles. The Bertz CT molecular complexity index is 520. The van der Waals surface area contributed by atoms with E-state index in [4.69, 9.17) is 10.6 Å². The second-order valence-corrected chi connectivity index (χ2v) is 3.76. The van der Waals surface area contributed by atoms with Gasteiger partial charge in [-0.3, -0.25) is 0 Å². The minimum absolute atomic E-state index is 0.271. The van der Waals surface area contributed by atoms with Crippen LogP contribution in [0.5, 0.6) is 5.75 Å². The number of hydrazone groups is 1. The van der Waals surface area contributed by atoms with Crippen LogP contribution in [-0.4, -0.2) is 6.21 Å². The predicted octanol–water partition coefficient (Wildman–Crippen LogP) is 2.70. The number of benzene rings is 2. The lowest BCUT2D eigenvalue weighted by Crippen LogP contribution is -1.96. The third-order valence-electron chi connectivity index (χ3n) is 2.42. The van der Waals surface area contributed by atoms with Crippen molar-refractivity contribution in [3.8, 4) is 5.75 Å². The number of hydrogen-bond donors (Lipinski definition) is 1. The lowest BCUT2D eigenvalue weighted by molar-refractivity contribution is 0.306. The number of hydrogen-bond acceptors (Lipinski definition) is 3. The molecule has 4 heteroatoms. The smallest absolute Gasteiger partial charge is 0.123 e. The van der Waals surface area contributed by atoms with Crippen LogP contribution in [0.4, 0.5) is 4.39 Å².